The molecule has 3 aromatic carbocycles. The molecule has 2 heterocycles. The summed E-state index contributed by atoms with van der Waals surface area (Å²) in [5, 5.41) is 0. The molecule has 0 N–H and O–H groups in total. The van der Waals surface area contributed by atoms with Crippen molar-refractivity contribution in [1.82, 2.24) is 9.55 Å². The van der Waals surface area contributed by atoms with Crippen molar-refractivity contribution in [1.29, 1.82) is 0 Å². The third kappa shape index (κ3) is 5.47. The minimum atomic E-state index is 0.0779. The molecule has 1 aromatic heterocycles. The molecule has 38 heavy (non-hydrogen) atoms. The number of anilines is 1. The summed E-state index contributed by atoms with van der Waals surface area (Å²) in [6, 6.07) is 23.0. The highest BCUT2D eigenvalue weighted by molar-refractivity contribution is 5.96. The molecule has 0 bridgehead atoms. The van der Waals surface area contributed by atoms with E-state index in [1.807, 2.05) is 11.0 Å². The fourth-order valence-electron chi connectivity index (χ4n) is 5.28. The van der Waals surface area contributed by atoms with Gasteiger partial charge in [-0.25, -0.2) is 4.98 Å². The standard InChI is InChI=1S/C33H39N3O2/c1-23-12-15-27(20-24(23)2)36-22-25(21-31(36)37)32-34-29-10-6-7-11-30(29)35(32)18-8-9-19-38-28-16-13-26(14-17-28)33(3,4)5/h6-7,10-17,20,25H,8-9,18-19,21-22H2,1-5H3. The zero-order chi connectivity index (χ0) is 26.9. The van der Waals surface area contributed by atoms with Gasteiger partial charge in [0.2, 0.25) is 5.91 Å². The molecule has 1 amide bonds. The maximum Gasteiger partial charge on any atom is 0.227 e. The Bertz CT molecular complexity index is 1430. The Morgan fingerprint density at radius 2 is 1.71 bits per heavy atom. The number of amides is 1. The van der Waals surface area contributed by atoms with Crippen LogP contribution in [0.4, 0.5) is 5.69 Å². The lowest BCUT2D eigenvalue weighted by molar-refractivity contribution is -0.117. The van der Waals surface area contributed by atoms with E-state index in [1.165, 1.54) is 16.7 Å². The van der Waals surface area contributed by atoms with Gasteiger partial charge < -0.3 is 14.2 Å². The van der Waals surface area contributed by atoms with Crippen LogP contribution in [0.3, 0.4) is 0 Å². The number of benzene rings is 3. The number of nitrogens with zero attached hydrogens (tertiary/aromatic N) is 3. The summed E-state index contributed by atoms with van der Waals surface area (Å²) in [6.45, 7) is 13.1. The fraction of sp³-hybridized carbons (Fsp3) is 0.394. The Balaban J connectivity index is 1.25. The number of para-hydroxylation sites is 2. The van der Waals surface area contributed by atoms with E-state index >= 15 is 0 Å². The van der Waals surface area contributed by atoms with Gasteiger partial charge in [-0.3, -0.25) is 4.79 Å². The van der Waals surface area contributed by atoms with Gasteiger partial charge in [-0.05, 0) is 85.2 Å². The van der Waals surface area contributed by atoms with Crippen molar-refractivity contribution in [3.63, 3.8) is 0 Å². The molecule has 0 radical (unpaired) electrons. The first kappa shape index (κ1) is 26.0. The molecule has 5 rings (SSSR count). The van der Waals surface area contributed by atoms with E-state index in [0.29, 0.717) is 19.6 Å². The van der Waals surface area contributed by atoms with Crippen LogP contribution in [0.5, 0.6) is 5.75 Å². The van der Waals surface area contributed by atoms with Gasteiger partial charge in [-0.1, -0.05) is 51.1 Å². The minimum absolute atomic E-state index is 0.0779. The van der Waals surface area contributed by atoms with E-state index in [-0.39, 0.29) is 17.2 Å². The number of imidazole rings is 1. The SMILES string of the molecule is Cc1ccc(N2CC(c3nc4ccccc4n3CCCCOc3ccc(C(C)(C)C)cc3)CC2=O)cc1C. The number of carbonyl (C=O) groups excluding carboxylic acids is 1. The zero-order valence-corrected chi connectivity index (χ0v) is 23.3. The summed E-state index contributed by atoms with van der Waals surface area (Å²) in [4.78, 5) is 20.0. The van der Waals surface area contributed by atoms with Crippen LogP contribution in [0.2, 0.25) is 0 Å². The topological polar surface area (TPSA) is 47.4 Å². The van der Waals surface area contributed by atoms with Crippen molar-refractivity contribution < 1.29 is 9.53 Å². The van der Waals surface area contributed by atoms with Gasteiger partial charge in [-0.15, -0.1) is 0 Å². The van der Waals surface area contributed by atoms with Gasteiger partial charge in [-0.2, -0.15) is 0 Å². The molecule has 1 atom stereocenters. The summed E-state index contributed by atoms with van der Waals surface area (Å²) in [5.41, 5.74) is 7.02. The molecule has 1 aliphatic rings. The van der Waals surface area contributed by atoms with Crippen LogP contribution in [-0.4, -0.2) is 28.6 Å². The molecule has 5 nitrogen and oxygen atoms in total. The largest absolute Gasteiger partial charge is 0.494 e. The van der Waals surface area contributed by atoms with E-state index in [0.717, 1.165) is 47.7 Å². The third-order valence-electron chi connectivity index (χ3n) is 7.74. The Kier molecular flexibility index (Phi) is 7.29. The Labute approximate surface area is 226 Å². The van der Waals surface area contributed by atoms with Crippen molar-refractivity contribution in [2.45, 2.75) is 71.8 Å². The number of hydrogen-bond acceptors (Lipinski definition) is 3. The number of aryl methyl sites for hydroxylation is 3. The minimum Gasteiger partial charge on any atom is -0.494 e. The van der Waals surface area contributed by atoms with Crippen molar-refractivity contribution >= 4 is 22.6 Å². The van der Waals surface area contributed by atoms with Crippen molar-refractivity contribution in [2.24, 2.45) is 0 Å². The van der Waals surface area contributed by atoms with E-state index in [1.54, 1.807) is 0 Å². The highest BCUT2D eigenvalue weighted by atomic mass is 16.5. The predicted octanol–water partition coefficient (Wildman–Crippen LogP) is 7.33. The van der Waals surface area contributed by atoms with Crippen molar-refractivity contribution in [3.05, 3.63) is 89.2 Å². The highest BCUT2D eigenvalue weighted by Crippen LogP contribution is 2.34. The number of ether oxygens (including phenoxy) is 1. The molecule has 0 saturated carbocycles. The lowest BCUT2D eigenvalue weighted by Gasteiger charge is -2.19. The molecule has 198 valence electrons. The number of hydrogen-bond donors (Lipinski definition) is 0. The van der Waals surface area contributed by atoms with Crippen LogP contribution in [0.1, 0.15) is 68.5 Å². The van der Waals surface area contributed by atoms with Crippen LogP contribution >= 0.6 is 0 Å². The maximum absolute atomic E-state index is 13.1. The van der Waals surface area contributed by atoms with Gasteiger partial charge in [0, 0.05) is 31.1 Å². The number of aromatic nitrogens is 2. The van der Waals surface area contributed by atoms with Gasteiger partial charge >= 0.3 is 0 Å². The molecule has 0 spiro atoms. The van der Waals surface area contributed by atoms with Crippen LogP contribution < -0.4 is 9.64 Å². The molecule has 0 aliphatic carbocycles. The molecular weight excluding hydrogens is 470 g/mol. The van der Waals surface area contributed by atoms with E-state index in [9.17, 15) is 4.79 Å². The summed E-state index contributed by atoms with van der Waals surface area (Å²) in [5.74, 6) is 2.18. The first-order chi connectivity index (χ1) is 18.2. The Morgan fingerprint density at radius 3 is 2.45 bits per heavy atom. The van der Waals surface area contributed by atoms with Crippen LogP contribution in [0.15, 0.2) is 66.7 Å². The highest BCUT2D eigenvalue weighted by Gasteiger charge is 2.34. The Hall–Kier alpha value is -3.60. The second-order valence-electron chi connectivity index (χ2n) is 11.6. The molecule has 1 fully saturated rings. The second kappa shape index (κ2) is 10.6. The Morgan fingerprint density at radius 1 is 0.947 bits per heavy atom. The molecule has 5 heteroatoms. The van der Waals surface area contributed by atoms with Gasteiger partial charge in [0.05, 0.1) is 17.6 Å². The zero-order valence-electron chi connectivity index (χ0n) is 23.3. The predicted molar refractivity (Wildman–Crippen MR) is 155 cm³/mol. The summed E-state index contributed by atoms with van der Waals surface area (Å²) in [6.07, 6.45) is 2.42. The third-order valence-corrected chi connectivity index (χ3v) is 7.74. The van der Waals surface area contributed by atoms with E-state index < -0.39 is 0 Å². The van der Waals surface area contributed by atoms with Gasteiger partial charge in [0.15, 0.2) is 0 Å². The lowest BCUT2D eigenvalue weighted by atomic mass is 9.87. The number of unbranched alkanes of at least 4 members (excludes halogenated alkanes) is 1. The maximum atomic E-state index is 13.1. The van der Waals surface area contributed by atoms with Gasteiger partial charge in [0.1, 0.15) is 11.6 Å². The van der Waals surface area contributed by atoms with Crippen LogP contribution in [-0.2, 0) is 16.8 Å². The number of fused-ring (bicyclic) bond motifs is 1. The monoisotopic (exact) mass is 509 g/mol. The normalized spacial score (nSPS) is 16.0. The molecule has 1 saturated heterocycles. The average Bonchev–Trinajstić information content (AvgIpc) is 3.46. The number of carbonyl (C=O) groups is 1. The van der Waals surface area contributed by atoms with Crippen molar-refractivity contribution in [3.8, 4) is 5.75 Å². The summed E-state index contributed by atoms with van der Waals surface area (Å²) < 4.78 is 8.36. The lowest BCUT2D eigenvalue weighted by Crippen LogP contribution is -2.24. The second-order valence-corrected chi connectivity index (χ2v) is 11.6. The average molecular weight is 510 g/mol. The van der Waals surface area contributed by atoms with E-state index in [2.05, 4.69) is 99.8 Å². The molecule has 4 aromatic rings. The summed E-state index contributed by atoms with van der Waals surface area (Å²) >= 11 is 0. The molecule has 1 unspecified atom stereocenters. The van der Waals surface area contributed by atoms with Gasteiger partial charge in [0.25, 0.3) is 0 Å². The molecule has 1 aliphatic heterocycles. The first-order valence-corrected chi connectivity index (χ1v) is 13.8. The summed E-state index contributed by atoms with van der Waals surface area (Å²) in [7, 11) is 0. The number of rotatable bonds is 8. The fourth-order valence-corrected chi connectivity index (χ4v) is 5.28. The molecular formula is C33H39N3O2. The van der Waals surface area contributed by atoms with Crippen molar-refractivity contribution in [2.75, 3.05) is 18.1 Å². The van der Waals surface area contributed by atoms with E-state index in [4.69, 9.17) is 9.72 Å². The smallest absolute Gasteiger partial charge is 0.227 e. The van der Waals surface area contributed by atoms with Crippen LogP contribution in [0, 0.1) is 13.8 Å². The van der Waals surface area contributed by atoms with Crippen LogP contribution in [0.25, 0.3) is 11.0 Å². The quantitative estimate of drug-likeness (QED) is 0.234. The first-order valence-electron chi connectivity index (χ1n) is 13.8.